The largest absolute Gasteiger partial charge is 0.478 e. The lowest BCUT2D eigenvalue weighted by Crippen LogP contribution is -2.52. The molecule has 1 N–H and O–H groups in total. The molecule has 0 saturated heterocycles. The standard InChI is InChI=1S/C18H23NO4/c1-23-18(8-3-2-4-9-18)17(22)19-10-7-13-5-6-14(16(20)21)11-15(13)12-19/h5-6,11H,2-4,7-10,12H2,1H3,(H,20,21). The first-order chi connectivity index (χ1) is 11.1. The summed E-state index contributed by atoms with van der Waals surface area (Å²) in [5.41, 5.74) is 1.66. The Kier molecular flexibility index (Phi) is 4.39. The maximum Gasteiger partial charge on any atom is 0.335 e. The Morgan fingerprint density at radius 3 is 2.57 bits per heavy atom. The summed E-state index contributed by atoms with van der Waals surface area (Å²) in [4.78, 5) is 26.0. The van der Waals surface area contributed by atoms with Gasteiger partial charge in [0, 0.05) is 20.2 Å². The molecule has 1 aromatic carbocycles. The minimum Gasteiger partial charge on any atom is -0.478 e. The van der Waals surface area contributed by atoms with E-state index in [4.69, 9.17) is 9.84 Å². The third kappa shape index (κ3) is 2.98. The van der Waals surface area contributed by atoms with Crippen LogP contribution in [0.5, 0.6) is 0 Å². The Hall–Kier alpha value is -1.88. The average Bonchev–Trinajstić information content (AvgIpc) is 2.60. The first kappa shape index (κ1) is 16.0. The Bertz CT molecular complexity index is 619. The zero-order valence-corrected chi connectivity index (χ0v) is 13.5. The highest BCUT2D eigenvalue weighted by Gasteiger charge is 2.42. The maximum absolute atomic E-state index is 13.0. The highest BCUT2D eigenvalue weighted by Crippen LogP contribution is 2.34. The van der Waals surface area contributed by atoms with Crippen molar-refractivity contribution in [3.05, 3.63) is 34.9 Å². The summed E-state index contributed by atoms with van der Waals surface area (Å²) in [7, 11) is 1.63. The van der Waals surface area contributed by atoms with Crippen LogP contribution < -0.4 is 0 Å². The fraction of sp³-hybridized carbons (Fsp3) is 0.556. The second-order valence-corrected chi connectivity index (χ2v) is 6.52. The third-order valence-corrected chi connectivity index (χ3v) is 5.19. The number of rotatable bonds is 3. The van der Waals surface area contributed by atoms with Gasteiger partial charge in [-0.05, 0) is 42.5 Å². The van der Waals surface area contributed by atoms with Crippen molar-refractivity contribution in [3.8, 4) is 0 Å². The van der Waals surface area contributed by atoms with E-state index >= 15 is 0 Å². The molecule has 0 unspecified atom stereocenters. The van der Waals surface area contributed by atoms with Gasteiger partial charge in [0.2, 0.25) is 0 Å². The van der Waals surface area contributed by atoms with Gasteiger partial charge in [0.15, 0.2) is 0 Å². The topological polar surface area (TPSA) is 66.8 Å². The van der Waals surface area contributed by atoms with E-state index < -0.39 is 11.6 Å². The molecular weight excluding hydrogens is 294 g/mol. The monoisotopic (exact) mass is 317 g/mol. The number of carbonyl (C=O) groups is 2. The van der Waals surface area contributed by atoms with E-state index in [0.29, 0.717) is 13.1 Å². The molecule has 3 rings (SSSR count). The van der Waals surface area contributed by atoms with E-state index in [0.717, 1.165) is 49.7 Å². The van der Waals surface area contributed by atoms with Crippen LogP contribution in [0.2, 0.25) is 0 Å². The molecule has 5 heteroatoms. The van der Waals surface area contributed by atoms with Gasteiger partial charge in [-0.2, -0.15) is 0 Å². The van der Waals surface area contributed by atoms with Crippen LogP contribution >= 0.6 is 0 Å². The highest BCUT2D eigenvalue weighted by molar-refractivity contribution is 5.88. The molecule has 1 aliphatic heterocycles. The number of amides is 1. The molecule has 1 heterocycles. The minimum absolute atomic E-state index is 0.0612. The molecule has 0 spiro atoms. The summed E-state index contributed by atoms with van der Waals surface area (Å²) >= 11 is 0. The summed E-state index contributed by atoms with van der Waals surface area (Å²) in [6.45, 7) is 1.14. The Morgan fingerprint density at radius 1 is 1.17 bits per heavy atom. The molecule has 23 heavy (non-hydrogen) atoms. The predicted molar refractivity (Wildman–Crippen MR) is 85.3 cm³/mol. The highest BCUT2D eigenvalue weighted by atomic mass is 16.5. The Labute approximate surface area is 136 Å². The fourth-order valence-corrected chi connectivity index (χ4v) is 3.78. The number of ether oxygens (including phenoxy) is 1. The van der Waals surface area contributed by atoms with Gasteiger partial charge in [-0.1, -0.05) is 25.3 Å². The van der Waals surface area contributed by atoms with E-state index in [-0.39, 0.29) is 11.5 Å². The molecular formula is C18H23NO4. The van der Waals surface area contributed by atoms with Gasteiger partial charge in [-0.25, -0.2) is 4.79 Å². The van der Waals surface area contributed by atoms with Crippen molar-refractivity contribution >= 4 is 11.9 Å². The zero-order valence-electron chi connectivity index (χ0n) is 13.5. The zero-order chi connectivity index (χ0) is 16.4. The molecule has 0 aromatic heterocycles. The van der Waals surface area contributed by atoms with Gasteiger partial charge in [0.1, 0.15) is 5.60 Å². The molecule has 0 radical (unpaired) electrons. The maximum atomic E-state index is 13.0. The van der Waals surface area contributed by atoms with Crippen LogP contribution in [0.25, 0.3) is 0 Å². The van der Waals surface area contributed by atoms with Crippen molar-refractivity contribution in [2.24, 2.45) is 0 Å². The fourth-order valence-electron chi connectivity index (χ4n) is 3.78. The molecule has 0 atom stereocenters. The van der Waals surface area contributed by atoms with Gasteiger partial charge in [0.05, 0.1) is 5.56 Å². The lowest BCUT2D eigenvalue weighted by Gasteiger charge is -2.40. The van der Waals surface area contributed by atoms with Gasteiger partial charge in [-0.15, -0.1) is 0 Å². The number of nitrogens with zero attached hydrogens (tertiary/aromatic N) is 1. The summed E-state index contributed by atoms with van der Waals surface area (Å²) in [5.74, 6) is -0.872. The SMILES string of the molecule is COC1(C(=O)N2CCc3ccc(C(=O)O)cc3C2)CCCCC1. The van der Waals surface area contributed by atoms with Gasteiger partial charge in [0.25, 0.3) is 5.91 Å². The summed E-state index contributed by atoms with van der Waals surface area (Å²) in [6.07, 6.45) is 5.52. The number of carbonyl (C=O) groups excluding carboxylic acids is 1. The smallest absolute Gasteiger partial charge is 0.335 e. The minimum atomic E-state index is -0.933. The van der Waals surface area contributed by atoms with Crippen LogP contribution in [-0.2, 0) is 22.5 Å². The Morgan fingerprint density at radius 2 is 1.91 bits per heavy atom. The number of fused-ring (bicyclic) bond motifs is 1. The predicted octanol–water partition coefficient (Wildman–Crippen LogP) is 2.62. The number of aromatic carboxylic acids is 1. The average molecular weight is 317 g/mol. The quantitative estimate of drug-likeness (QED) is 0.930. The van der Waals surface area contributed by atoms with Crippen LogP contribution in [0.15, 0.2) is 18.2 Å². The van der Waals surface area contributed by atoms with Crippen molar-refractivity contribution in [2.45, 2.75) is 50.7 Å². The van der Waals surface area contributed by atoms with E-state index in [1.54, 1.807) is 19.2 Å². The first-order valence-electron chi connectivity index (χ1n) is 8.25. The normalized spacial score (nSPS) is 20.0. The lowest BCUT2D eigenvalue weighted by atomic mass is 9.83. The first-order valence-corrected chi connectivity index (χ1v) is 8.25. The summed E-state index contributed by atoms with van der Waals surface area (Å²) in [6, 6.07) is 5.20. The third-order valence-electron chi connectivity index (χ3n) is 5.19. The lowest BCUT2D eigenvalue weighted by molar-refractivity contribution is -0.160. The molecule has 5 nitrogen and oxygen atoms in total. The van der Waals surface area contributed by atoms with Crippen LogP contribution in [-0.4, -0.2) is 41.1 Å². The molecule has 124 valence electrons. The Balaban J connectivity index is 1.81. The molecule has 1 amide bonds. The number of methoxy groups -OCH3 is 1. The van der Waals surface area contributed by atoms with Crippen molar-refractivity contribution in [1.29, 1.82) is 0 Å². The second kappa shape index (κ2) is 6.32. The summed E-state index contributed by atoms with van der Waals surface area (Å²) in [5, 5.41) is 9.14. The van der Waals surface area contributed by atoms with Crippen molar-refractivity contribution in [3.63, 3.8) is 0 Å². The van der Waals surface area contributed by atoms with E-state index in [9.17, 15) is 9.59 Å². The molecule has 1 aliphatic carbocycles. The van der Waals surface area contributed by atoms with Gasteiger partial charge in [-0.3, -0.25) is 4.79 Å². The van der Waals surface area contributed by atoms with Crippen molar-refractivity contribution in [1.82, 2.24) is 4.90 Å². The molecule has 0 bridgehead atoms. The van der Waals surface area contributed by atoms with E-state index in [2.05, 4.69) is 0 Å². The van der Waals surface area contributed by atoms with Gasteiger partial charge < -0.3 is 14.7 Å². The molecule has 2 aliphatic rings. The number of benzene rings is 1. The molecule has 1 fully saturated rings. The number of carboxylic acids is 1. The van der Waals surface area contributed by atoms with Crippen LogP contribution in [0.4, 0.5) is 0 Å². The van der Waals surface area contributed by atoms with Crippen LogP contribution in [0, 0.1) is 0 Å². The van der Waals surface area contributed by atoms with Crippen LogP contribution in [0.1, 0.15) is 53.6 Å². The van der Waals surface area contributed by atoms with E-state index in [1.807, 2.05) is 11.0 Å². The number of hydrogen-bond donors (Lipinski definition) is 1. The molecule has 1 saturated carbocycles. The molecule has 1 aromatic rings. The summed E-state index contributed by atoms with van der Waals surface area (Å²) < 4.78 is 5.66. The van der Waals surface area contributed by atoms with Gasteiger partial charge >= 0.3 is 5.97 Å². The van der Waals surface area contributed by atoms with E-state index in [1.165, 1.54) is 0 Å². The second-order valence-electron chi connectivity index (χ2n) is 6.52. The van der Waals surface area contributed by atoms with Crippen molar-refractivity contribution < 1.29 is 19.4 Å². The van der Waals surface area contributed by atoms with Crippen LogP contribution in [0.3, 0.4) is 0 Å². The van der Waals surface area contributed by atoms with Crippen molar-refractivity contribution in [2.75, 3.05) is 13.7 Å². The number of hydrogen-bond acceptors (Lipinski definition) is 3. The number of carboxylic acid groups (broad SMARTS) is 1.